The predicted molar refractivity (Wildman–Crippen MR) is 85.2 cm³/mol. The Labute approximate surface area is 126 Å². The molecule has 114 valence electrons. The quantitative estimate of drug-likeness (QED) is 0.823. The second kappa shape index (κ2) is 6.45. The number of benzene rings is 2. The highest BCUT2D eigenvalue weighted by molar-refractivity contribution is 7.89. The molecule has 0 radical (unpaired) electrons. The van der Waals surface area contributed by atoms with Crippen molar-refractivity contribution in [2.75, 3.05) is 19.7 Å². The maximum Gasteiger partial charge on any atom is 0.243 e. The van der Waals surface area contributed by atoms with Crippen LogP contribution >= 0.6 is 0 Å². The molecule has 4 nitrogen and oxygen atoms in total. The lowest BCUT2D eigenvalue weighted by molar-refractivity contribution is 0.341. The van der Waals surface area contributed by atoms with Gasteiger partial charge in [-0.15, -0.1) is 0 Å². The van der Waals surface area contributed by atoms with Gasteiger partial charge >= 0.3 is 0 Å². The molecular formula is C16H21NO3S. The number of ether oxygens (including phenoxy) is 1. The van der Waals surface area contributed by atoms with E-state index in [-0.39, 0.29) is 0 Å². The summed E-state index contributed by atoms with van der Waals surface area (Å²) in [4.78, 5) is 0.336. The van der Waals surface area contributed by atoms with E-state index in [0.29, 0.717) is 24.6 Å². The Bertz CT molecular complexity index is 721. The minimum atomic E-state index is -3.41. The first-order valence-electron chi connectivity index (χ1n) is 7.19. The summed E-state index contributed by atoms with van der Waals surface area (Å²) in [5, 5.41) is 1.87. The standard InChI is InChI=1S/C16H21NO3S/c1-4-17(5-2)21(18,19)16-10-8-13-11-15(20-6-3)9-7-14(13)12-16/h7-12H,4-6H2,1-3H3. The average Bonchev–Trinajstić information content (AvgIpc) is 2.48. The maximum atomic E-state index is 12.5. The predicted octanol–water partition coefficient (Wildman–Crippen LogP) is 3.27. The first kappa shape index (κ1) is 15.8. The Morgan fingerprint density at radius 3 is 2.19 bits per heavy atom. The Morgan fingerprint density at radius 1 is 0.952 bits per heavy atom. The summed E-state index contributed by atoms with van der Waals surface area (Å²) in [7, 11) is -3.41. The second-order valence-corrected chi connectivity index (χ2v) is 6.63. The van der Waals surface area contributed by atoms with Gasteiger partial charge in [-0.3, -0.25) is 0 Å². The topological polar surface area (TPSA) is 46.6 Å². The Kier molecular flexibility index (Phi) is 4.85. The van der Waals surface area contributed by atoms with Crippen LogP contribution in [-0.4, -0.2) is 32.4 Å². The average molecular weight is 307 g/mol. The number of fused-ring (bicyclic) bond motifs is 1. The number of hydrogen-bond donors (Lipinski definition) is 0. The van der Waals surface area contributed by atoms with Gasteiger partial charge in [0.25, 0.3) is 0 Å². The third-order valence-corrected chi connectivity index (χ3v) is 5.48. The third kappa shape index (κ3) is 3.19. The number of sulfonamides is 1. The van der Waals surface area contributed by atoms with Crippen LogP contribution in [0.5, 0.6) is 5.75 Å². The van der Waals surface area contributed by atoms with Crippen molar-refractivity contribution in [1.29, 1.82) is 0 Å². The Balaban J connectivity index is 2.46. The van der Waals surface area contributed by atoms with Gasteiger partial charge in [0.15, 0.2) is 0 Å². The van der Waals surface area contributed by atoms with Crippen molar-refractivity contribution in [3.63, 3.8) is 0 Å². The van der Waals surface area contributed by atoms with Crippen molar-refractivity contribution in [2.24, 2.45) is 0 Å². The van der Waals surface area contributed by atoms with Crippen molar-refractivity contribution in [2.45, 2.75) is 25.7 Å². The zero-order valence-electron chi connectivity index (χ0n) is 12.7. The minimum Gasteiger partial charge on any atom is -0.494 e. The first-order chi connectivity index (χ1) is 10.0. The van der Waals surface area contributed by atoms with E-state index in [1.54, 1.807) is 12.1 Å². The molecular weight excluding hydrogens is 286 g/mol. The smallest absolute Gasteiger partial charge is 0.243 e. The van der Waals surface area contributed by atoms with E-state index in [1.165, 1.54) is 4.31 Å². The molecule has 0 heterocycles. The molecule has 0 aliphatic rings. The van der Waals surface area contributed by atoms with Gasteiger partial charge in [-0.25, -0.2) is 8.42 Å². The van der Waals surface area contributed by atoms with Gasteiger partial charge in [-0.1, -0.05) is 26.0 Å². The van der Waals surface area contributed by atoms with E-state index in [1.807, 2.05) is 45.0 Å². The monoisotopic (exact) mass is 307 g/mol. The van der Waals surface area contributed by atoms with Crippen molar-refractivity contribution in [3.05, 3.63) is 36.4 Å². The lowest BCUT2D eigenvalue weighted by Crippen LogP contribution is -2.30. The summed E-state index contributed by atoms with van der Waals surface area (Å²) >= 11 is 0. The van der Waals surface area contributed by atoms with E-state index < -0.39 is 10.0 Å². The van der Waals surface area contributed by atoms with Crippen LogP contribution < -0.4 is 4.74 Å². The van der Waals surface area contributed by atoms with Gasteiger partial charge in [0.1, 0.15) is 5.75 Å². The lowest BCUT2D eigenvalue weighted by Gasteiger charge is -2.18. The molecule has 21 heavy (non-hydrogen) atoms. The normalized spacial score (nSPS) is 12.0. The highest BCUT2D eigenvalue weighted by Gasteiger charge is 2.21. The molecule has 0 spiro atoms. The molecule has 0 amide bonds. The molecule has 0 fully saturated rings. The van der Waals surface area contributed by atoms with E-state index in [0.717, 1.165) is 16.5 Å². The van der Waals surface area contributed by atoms with E-state index in [2.05, 4.69) is 0 Å². The molecule has 0 aliphatic heterocycles. The minimum absolute atomic E-state index is 0.336. The first-order valence-corrected chi connectivity index (χ1v) is 8.63. The lowest BCUT2D eigenvalue weighted by atomic mass is 10.1. The van der Waals surface area contributed by atoms with Crippen LogP contribution in [0.25, 0.3) is 10.8 Å². The van der Waals surface area contributed by atoms with Gasteiger partial charge in [-0.05, 0) is 42.0 Å². The molecule has 2 aromatic rings. The second-order valence-electron chi connectivity index (χ2n) is 4.69. The number of hydrogen-bond acceptors (Lipinski definition) is 3. The molecule has 0 atom stereocenters. The highest BCUT2D eigenvalue weighted by atomic mass is 32.2. The summed E-state index contributed by atoms with van der Waals surface area (Å²) < 4.78 is 31.9. The third-order valence-electron chi connectivity index (χ3n) is 3.44. The largest absolute Gasteiger partial charge is 0.494 e. The van der Waals surface area contributed by atoms with E-state index in [9.17, 15) is 8.42 Å². The zero-order chi connectivity index (χ0) is 15.5. The fraction of sp³-hybridized carbons (Fsp3) is 0.375. The van der Waals surface area contributed by atoms with Gasteiger partial charge in [0, 0.05) is 13.1 Å². The summed E-state index contributed by atoms with van der Waals surface area (Å²) in [6, 6.07) is 10.9. The van der Waals surface area contributed by atoms with Crippen LogP contribution in [-0.2, 0) is 10.0 Å². The molecule has 0 aliphatic carbocycles. The van der Waals surface area contributed by atoms with Crippen molar-refractivity contribution >= 4 is 20.8 Å². The summed E-state index contributed by atoms with van der Waals surface area (Å²) in [6.45, 7) is 7.18. The molecule has 0 N–H and O–H groups in total. The van der Waals surface area contributed by atoms with Crippen LogP contribution in [0, 0.1) is 0 Å². The molecule has 0 saturated heterocycles. The Morgan fingerprint density at radius 2 is 1.57 bits per heavy atom. The summed E-state index contributed by atoms with van der Waals surface area (Å²) in [6.07, 6.45) is 0. The number of nitrogens with zero attached hydrogens (tertiary/aromatic N) is 1. The van der Waals surface area contributed by atoms with Crippen LogP contribution in [0.15, 0.2) is 41.3 Å². The maximum absolute atomic E-state index is 12.5. The van der Waals surface area contributed by atoms with Crippen molar-refractivity contribution in [1.82, 2.24) is 4.31 Å². The van der Waals surface area contributed by atoms with Gasteiger partial charge in [0.2, 0.25) is 10.0 Å². The van der Waals surface area contributed by atoms with Gasteiger partial charge in [-0.2, -0.15) is 4.31 Å². The molecule has 0 aromatic heterocycles. The Hall–Kier alpha value is -1.59. The van der Waals surface area contributed by atoms with Crippen molar-refractivity contribution < 1.29 is 13.2 Å². The van der Waals surface area contributed by atoms with Crippen LogP contribution in [0.1, 0.15) is 20.8 Å². The van der Waals surface area contributed by atoms with Gasteiger partial charge < -0.3 is 4.74 Å². The van der Waals surface area contributed by atoms with Crippen LogP contribution in [0.4, 0.5) is 0 Å². The molecule has 0 saturated carbocycles. The van der Waals surface area contributed by atoms with Gasteiger partial charge in [0.05, 0.1) is 11.5 Å². The SMILES string of the molecule is CCOc1ccc2cc(S(=O)(=O)N(CC)CC)ccc2c1. The van der Waals surface area contributed by atoms with E-state index >= 15 is 0 Å². The molecule has 2 rings (SSSR count). The zero-order valence-corrected chi connectivity index (χ0v) is 13.5. The number of rotatable bonds is 6. The van der Waals surface area contributed by atoms with E-state index in [4.69, 9.17) is 4.74 Å². The highest BCUT2D eigenvalue weighted by Crippen LogP contribution is 2.25. The molecule has 2 aromatic carbocycles. The summed E-state index contributed by atoms with van der Waals surface area (Å²) in [5.41, 5.74) is 0. The summed E-state index contributed by atoms with van der Waals surface area (Å²) in [5.74, 6) is 0.796. The van der Waals surface area contributed by atoms with Crippen molar-refractivity contribution in [3.8, 4) is 5.75 Å². The fourth-order valence-corrected chi connectivity index (χ4v) is 3.83. The van der Waals surface area contributed by atoms with Crippen LogP contribution in [0.3, 0.4) is 0 Å². The van der Waals surface area contributed by atoms with Crippen LogP contribution in [0.2, 0.25) is 0 Å². The molecule has 0 bridgehead atoms. The molecule has 0 unspecified atom stereocenters. The molecule has 5 heteroatoms. The fourth-order valence-electron chi connectivity index (χ4n) is 2.33.